The molecule has 1 heterocycles. The van der Waals surface area contributed by atoms with E-state index in [0.29, 0.717) is 42.0 Å². The van der Waals surface area contributed by atoms with Gasteiger partial charge in [-0.2, -0.15) is 0 Å². The average molecular weight is 358 g/mol. The number of hydrogen-bond acceptors (Lipinski definition) is 3. The van der Waals surface area contributed by atoms with Crippen LogP contribution in [0.4, 0.5) is 4.39 Å². The SMILES string of the molecule is O=C(NC1CCN(C(=O)c2cccc(F)c2)CC1)c1ccccc1S. The minimum Gasteiger partial charge on any atom is -0.349 e. The van der Waals surface area contributed by atoms with Gasteiger partial charge in [0.2, 0.25) is 0 Å². The highest BCUT2D eigenvalue weighted by Gasteiger charge is 2.25. The summed E-state index contributed by atoms with van der Waals surface area (Å²) in [5, 5.41) is 3.00. The van der Waals surface area contributed by atoms with E-state index >= 15 is 0 Å². The molecule has 0 aliphatic carbocycles. The Bertz CT molecular complexity index is 788. The number of likely N-dealkylation sites (tertiary alicyclic amines) is 1. The van der Waals surface area contributed by atoms with Crippen LogP contribution >= 0.6 is 12.6 Å². The summed E-state index contributed by atoms with van der Waals surface area (Å²) in [6.45, 7) is 1.06. The van der Waals surface area contributed by atoms with Gasteiger partial charge in [-0.1, -0.05) is 18.2 Å². The molecule has 4 nitrogen and oxygen atoms in total. The lowest BCUT2D eigenvalue weighted by atomic mass is 10.0. The molecule has 2 amide bonds. The van der Waals surface area contributed by atoms with Gasteiger partial charge in [-0.05, 0) is 43.2 Å². The standard InChI is InChI=1S/C19H19FN2O2S/c20-14-5-3-4-13(12-14)19(24)22-10-8-15(9-11-22)21-18(23)16-6-1-2-7-17(16)25/h1-7,12,15,25H,8-11H2,(H,21,23). The van der Waals surface area contributed by atoms with E-state index in [1.54, 1.807) is 29.2 Å². The maximum absolute atomic E-state index is 13.3. The van der Waals surface area contributed by atoms with Gasteiger partial charge in [0.05, 0.1) is 5.56 Å². The van der Waals surface area contributed by atoms with Crippen LogP contribution in [0.5, 0.6) is 0 Å². The fourth-order valence-electron chi connectivity index (χ4n) is 2.96. The van der Waals surface area contributed by atoms with Gasteiger partial charge in [0.15, 0.2) is 0 Å². The van der Waals surface area contributed by atoms with Crippen molar-refractivity contribution >= 4 is 24.4 Å². The van der Waals surface area contributed by atoms with Crippen LogP contribution in [0.1, 0.15) is 33.6 Å². The second kappa shape index (κ2) is 7.70. The summed E-state index contributed by atoms with van der Waals surface area (Å²) in [5.74, 6) is -0.746. The van der Waals surface area contributed by atoms with Gasteiger partial charge < -0.3 is 10.2 Å². The van der Waals surface area contributed by atoms with Gasteiger partial charge in [0.25, 0.3) is 11.8 Å². The van der Waals surface area contributed by atoms with Gasteiger partial charge in [-0.15, -0.1) is 12.6 Å². The lowest BCUT2D eigenvalue weighted by Crippen LogP contribution is -2.46. The molecule has 0 atom stereocenters. The molecule has 0 spiro atoms. The van der Waals surface area contributed by atoms with Gasteiger partial charge in [-0.25, -0.2) is 4.39 Å². The summed E-state index contributed by atoms with van der Waals surface area (Å²) < 4.78 is 13.3. The Balaban J connectivity index is 1.56. The van der Waals surface area contributed by atoms with Crippen LogP contribution in [0.2, 0.25) is 0 Å². The predicted octanol–water partition coefficient (Wildman–Crippen LogP) is 3.15. The molecule has 0 aromatic heterocycles. The van der Waals surface area contributed by atoms with E-state index in [2.05, 4.69) is 17.9 Å². The van der Waals surface area contributed by atoms with E-state index in [4.69, 9.17) is 0 Å². The van der Waals surface area contributed by atoms with Crippen molar-refractivity contribution in [2.24, 2.45) is 0 Å². The number of hydrogen-bond donors (Lipinski definition) is 2. The van der Waals surface area contributed by atoms with Crippen LogP contribution in [0.25, 0.3) is 0 Å². The van der Waals surface area contributed by atoms with Crippen molar-refractivity contribution in [3.63, 3.8) is 0 Å². The molecule has 2 aromatic carbocycles. The Labute approximate surface area is 151 Å². The van der Waals surface area contributed by atoms with Crippen LogP contribution in [0, 0.1) is 5.82 Å². The second-order valence-electron chi connectivity index (χ2n) is 6.07. The summed E-state index contributed by atoms with van der Waals surface area (Å²) in [4.78, 5) is 27.1. The van der Waals surface area contributed by atoms with Crippen LogP contribution in [0.15, 0.2) is 53.4 Å². The maximum Gasteiger partial charge on any atom is 0.253 e. The number of piperidine rings is 1. The topological polar surface area (TPSA) is 49.4 Å². The van der Waals surface area contributed by atoms with E-state index in [-0.39, 0.29) is 17.9 Å². The third-order valence-corrected chi connectivity index (χ3v) is 4.73. The number of carbonyl (C=O) groups excluding carboxylic acids is 2. The lowest BCUT2D eigenvalue weighted by molar-refractivity contribution is 0.0697. The lowest BCUT2D eigenvalue weighted by Gasteiger charge is -2.32. The Kier molecular flexibility index (Phi) is 5.38. The van der Waals surface area contributed by atoms with Gasteiger partial charge in [-0.3, -0.25) is 9.59 Å². The number of nitrogens with one attached hydrogen (secondary N) is 1. The molecule has 0 unspecified atom stereocenters. The molecule has 0 radical (unpaired) electrons. The number of rotatable bonds is 3. The molecule has 1 fully saturated rings. The molecular weight excluding hydrogens is 339 g/mol. The van der Waals surface area contributed by atoms with Gasteiger partial charge >= 0.3 is 0 Å². The Hall–Kier alpha value is -2.34. The summed E-state index contributed by atoms with van der Waals surface area (Å²) >= 11 is 4.30. The fourth-order valence-corrected chi connectivity index (χ4v) is 3.22. The van der Waals surface area contributed by atoms with Crippen LogP contribution < -0.4 is 5.32 Å². The van der Waals surface area contributed by atoms with E-state index < -0.39 is 5.82 Å². The number of halogens is 1. The number of benzene rings is 2. The Morgan fingerprint density at radius 3 is 2.48 bits per heavy atom. The average Bonchev–Trinajstić information content (AvgIpc) is 2.62. The summed E-state index contributed by atoms with van der Waals surface area (Å²) in [6, 6.07) is 12.9. The summed E-state index contributed by atoms with van der Waals surface area (Å²) in [7, 11) is 0. The number of thiol groups is 1. The Morgan fingerprint density at radius 2 is 1.80 bits per heavy atom. The Morgan fingerprint density at radius 1 is 1.08 bits per heavy atom. The smallest absolute Gasteiger partial charge is 0.253 e. The molecule has 6 heteroatoms. The van der Waals surface area contributed by atoms with Crippen molar-refractivity contribution in [1.29, 1.82) is 0 Å². The minimum absolute atomic E-state index is 0.0111. The highest BCUT2D eigenvalue weighted by molar-refractivity contribution is 7.80. The van der Waals surface area contributed by atoms with Crippen molar-refractivity contribution in [3.05, 3.63) is 65.5 Å². The normalized spacial score (nSPS) is 15.0. The zero-order chi connectivity index (χ0) is 17.8. The fraction of sp³-hybridized carbons (Fsp3) is 0.263. The largest absolute Gasteiger partial charge is 0.349 e. The van der Waals surface area contributed by atoms with Crippen molar-refractivity contribution < 1.29 is 14.0 Å². The first-order valence-electron chi connectivity index (χ1n) is 8.18. The second-order valence-corrected chi connectivity index (χ2v) is 6.55. The molecule has 1 saturated heterocycles. The van der Waals surface area contributed by atoms with Crippen molar-refractivity contribution in [2.45, 2.75) is 23.8 Å². The highest BCUT2D eigenvalue weighted by atomic mass is 32.1. The number of nitrogens with zero attached hydrogens (tertiary/aromatic N) is 1. The summed E-state index contributed by atoms with van der Waals surface area (Å²) in [6.07, 6.45) is 1.34. The van der Waals surface area contributed by atoms with E-state index in [1.165, 1.54) is 18.2 Å². The first-order chi connectivity index (χ1) is 12.0. The third kappa shape index (κ3) is 4.20. The zero-order valence-corrected chi connectivity index (χ0v) is 14.5. The molecule has 0 saturated carbocycles. The van der Waals surface area contributed by atoms with Crippen molar-refractivity contribution in [3.8, 4) is 0 Å². The molecule has 1 N–H and O–H groups in total. The first kappa shape index (κ1) is 17.5. The van der Waals surface area contributed by atoms with Crippen molar-refractivity contribution in [1.82, 2.24) is 10.2 Å². The van der Waals surface area contributed by atoms with Crippen molar-refractivity contribution in [2.75, 3.05) is 13.1 Å². The molecule has 3 rings (SSSR count). The molecule has 1 aliphatic rings. The van der Waals surface area contributed by atoms with E-state index in [1.807, 2.05) is 6.07 Å². The van der Waals surface area contributed by atoms with E-state index in [0.717, 1.165) is 0 Å². The molecule has 1 aliphatic heterocycles. The van der Waals surface area contributed by atoms with Gasteiger partial charge in [0.1, 0.15) is 5.82 Å². The molecular formula is C19H19FN2O2S. The zero-order valence-electron chi connectivity index (χ0n) is 13.6. The number of amides is 2. The van der Waals surface area contributed by atoms with Gasteiger partial charge in [0, 0.05) is 29.6 Å². The van der Waals surface area contributed by atoms with E-state index in [9.17, 15) is 14.0 Å². The third-order valence-electron chi connectivity index (χ3n) is 4.34. The first-order valence-corrected chi connectivity index (χ1v) is 8.63. The minimum atomic E-state index is -0.418. The quantitative estimate of drug-likeness (QED) is 0.828. The maximum atomic E-state index is 13.3. The highest BCUT2D eigenvalue weighted by Crippen LogP contribution is 2.17. The number of carbonyl (C=O) groups is 2. The molecule has 130 valence electrons. The summed E-state index contributed by atoms with van der Waals surface area (Å²) in [5.41, 5.74) is 0.899. The molecule has 0 bridgehead atoms. The van der Waals surface area contributed by atoms with Crippen LogP contribution in [-0.2, 0) is 0 Å². The monoisotopic (exact) mass is 358 g/mol. The van der Waals surface area contributed by atoms with Crippen LogP contribution in [0.3, 0.4) is 0 Å². The molecule has 2 aromatic rings. The molecule has 25 heavy (non-hydrogen) atoms. The van der Waals surface area contributed by atoms with Crippen LogP contribution in [-0.4, -0.2) is 35.8 Å². The predicted molar refractivity (Wildman–Crippen MR) is 96.5 cm³/mol.